The van der Waals surface area contributed by atoms with Gasteiger partial charge < -0.3 is 24.5 Å². The smallest absolute Gasteiger partial charge is 0.355 e. The Kier molecular flexibility index (Phi) is 7.32. The van der Waals surface area contributed by atoms with Crippen molar-refractivity contribution in [2.45, 2.75) is 26.8 Å². The molecule has 0 unspecified atom stereocenters. The zero-order valence-electron chi connectivity index (χ0n) is 20.2. The van der Waals surface area contributed by atoms with Crippen molar-refractivity contribution in [1.29, 1.82) is 0 Å². The van der Waals surface area contributed by atoms with Crippen molar-refractivity contribution in [2.24, 2.45) is 0 Å². The number of ether oxygens (including phenoxy) is 2. The molecule has 2 aromatic heterocycles. The van der Waals surface area contributed by atoms with Gasteiger partial charge in [0.05, 0.1) is 31.4 Å². The molecule has 2 fully saturated rings. The highest BCUT2D eigenvalue weighted by atomic mass is 16.5. The normalized spacial score (nSPS) is 20.4. The van der Waals surface area contributed by atoms with Gasteiger partial charge in [0.2, 0.25) is 0 Å². The molecular formula is C25H30N4O6. The number of aromatic nitrogens is 2. The highest BCUT2D eigenvalue weighted by Gasteiger charge is 2.46. The molecule has 2 aliphatic rings. The number of rotatable bonds is 7. The molecule has 1 atom stereocenters. The molecule has 0 spiro atoms. The lowest BCUT2D eigenvalue weighted by Gasteiger charge is -2.30. The van der Waals surface area contributed by atoms with E-state index in [1.807, 2.05) is 0 Å². The molecule has 0 aliphatic carbocycles. The molecule has 35 heavy (non-hydrogen) atoms. The second kappa shape index (κ2) is 10.4. The number of pyridine rings is 1. The van der Waals surface area contributed by atoms with Crippen LogP contribution < -0.4 is 0 Å². The van der Waals surface area contributed by atoms with E-state index in [1.165, 1.54) is 4.90 Å². The third kappa shape index (κ3) is 4.71. The van der Waals surface area contributed by atoms with Crippen LogP contribution in [-0.2, 0) is 19.1 Å². The summed E-state index contributed by atoms with van der Waals surface area (Å²) >= 11 is 0. The van der Waals surface area contributed by atoms with Gasteiger partial charge in [-0.05, 0) is 38.0 Å². The molecule has 4 rings (SSSR count). The van der Waals surface area contributed by atoms with Gasteiger partial charge in [0, 0.05) is 49.8 Å². The fourth-order valence-electron chi connectivity index (χ4n) is 4.72. The average molecular weight is 483 g/mol. The molecule has 2 saturated heterocycles. The topological polar surface area (TPSA) is 125 Å². The third-order valence-corrected chi connectivity index (χ3v) is 6.45. The number of aromatic amines is 1. The Balaban J connectivity index is 1.77. The van der Waals surface area contributed by atoms with Crippen LogP contribution in [0.15, 0.2) is 30.1 Å². The highest BCUT2D eigenvalue weighted by Crippen LogP contribution is 2.40. The molecule has 1 amide bonds. The first-order valence-corrected chi connectivity index (χ1v) is 11.7. The summed E-state index contributed by atoms with van der Waals surface area (Å²) < 4.78 is 10.5. The zero-order valence-corrected chi connectivity index (χ0v) is 20.2. The summed E-state index contributed by atoms with van der Waals surface area (Å²) in [6.45, 7) is 8.89. The van der Waals surface area contributed by atoms with Gasteiger partial charge in [-0.2, -0.15) is 0 Å². The van der Waals surface area contributed by atoms with E-state index in [0.717, 1.165) is 13.1 Å². The van der Waals surface area contributed by atoms with Crippen LogP contribution in [0.4, 0.5) is 0 Å². The number of aryl methyl sites for hydroxylation is 1. The first-order valence-electron chi connectivity index (χ1n) is 11.7. The van der Waals surface area contributed by atoms with Crippen LogP contribution in [0.1, 0.15) is 45.8 Å². The van der Waals surface area contributed by atoms with Crippen molar-refractivity contribution in [1.82, 2.24) is 19.8 Å². The zero-order chi connectivity index (χ0) is 25.1. The number of H-pyrrole nitrogens is 1. The molecule has 186 valence electrons. The van der Waals surface area contributed by atoms with Crippen molar-refractivity contribution in [3.8, 4) is 0 Å². The Hall–Kier alpha value is -3.50. The van der Waals surface area contributed by atoms with Crippen molar-refractivity contribution in [3.05, 3.63) is 58.2 Å². The molecule has 10 nitrogen and oxygen atoms in total. The summed E-state index contributed by atoms with van der Waals surface area (Å²) in [6, 6.07) is 2.70. The number of nitrogens with one attached hydrogen (secondary N) is 1. The first-order chi connectivity index (χ1) is 16.8. The fourth-order valence-corrected chi connectivity index (χ4v) is 4.72. The maximum absolute atomic E-state index is 13.3. The Morgan fingerprint density at radius 1 is 1.26 bits per heavy atom. The number of carbonyl (C=O) groups excluding carboxylic acids is 3. The van der Waals surface area contributed by atoms with Crippen LogP contribution in [0, 0.1) is 13.8 Å². The van der Waals surface area contributed by atoms with Crippen molar-refractivity contribution in [3.63, 3.8) is 0 Å². The largest absolute Gasteiger partial charge is 0.507 e. The fraction of sp³-hybridized carbons (Fsp3) is 0.440. The molecule has 2 aromatic rings. The molecule has 0 bridgehead atoms. The van der Waals surface area contributed by atoms with Crippen LogP contribution in [0.25, 0.3) is 5.76 Å². The van der Waals surface area contributed by atoms with Crippen molar-refractivity contribution in [2.75, 3.05) is 46.0 Å². The maximum Gasteiger partial charge on any atom is 0.355 e. The molecule has 0 aromatic carbocycles. The third-order valence-electron chi connectivity index (χ3n) is 6.45. The number of aliphatic hydroxyl groups excluding tert-OH is 1. The summed E-state index contributed by atoms with van der Waals surface area (Å²) in [4.78, 5) is 49.6. The van der Waals surface area contributed by atoms with Crippen LogP contribution in [0.2, 0.25) is 0 Å². The minimum absolute atomic E-state index is 0.0226. The van der Waals surface area contributed by atoms with E-state index in [0.29, 0.717) is 48.7 Å². The number of esters is 1. The number of aliphatic hydroxyl groups is 1. The van der Waals surface area contributed by atoms with Gasteiger partial charge in [0.1, 0.15) is 11.5 Å². The van der Waals surface area contributed by atoms with Crippen LogP contribution in [-0.4, -0.2) is 88.5 Å². The number of nitrogens with zero attached hydrogens (tertiary/aromatic N) is 3. The summed E-state index contributed by atoms with van der Waals surface area (Å²) in [5.74, 6) is -2.32. The van der Waals surface area contributed by atoms with Crippen LogP contribution in [0.5, 0.6) is 0 Å². The Bertz CT molecular complexity index is 1150. The SMILES string of the molecule is CCOC(=O)c1[nH]c(C)c(C(O)=C2C(=O)C(=O)N(CCN3CCOCC3)[C@@H]2c2cccnc2)c1C. The van der Waals surface area contributed by atoms with E-state index in [-0.39, 0.29) is 23.6 Å². The summed E-state index contributed by atoms with van der Waals surface area (Å²) in [5, 5.41) is 11.4. The number of carbonyl (C=O) groups is 3. The molecule has 2 N–H and O–H groups in total. The van der Waals surface area contributed by atoms with Gasteiger partial charge in [-0.1, -0.05) is 6.07 Å². The number of hydrogen-bond donors (Lipinski definition) is 2. The maximum atomic E-state index is 13.3. The molecule has 0 radical (unpaired) electrons. The van der Waals surface area contributed by atoms with E-state index in [4.69, 9.17) is 9.47 Å². The van der Waals surface area contributed by atoms with Gasteiger partial charge in [-0.15, -0.1) is 0 Å². The number of hydrogen-bond acceptors (Lipinski definition) is 8. The van der Waals surface area contributed by atoms with E-state index >= 15 is 0 Å². The second-order valence-corrected chi connectivity index (χ2v) is 8.58. The molecule has 0 saturated carbocycles. The molecule has 10 heteroatoms. The van der Waals surface area contributed by atoms with E-state index in [9.17, 15) is 19.5 Å². The van der Waals surface area contributed by atoms with Crippen LogP contribution in [0.3, 0.4) is 0 Å². The standard InChI is InChI=1S/C25H30N4O6/c1-4-35-25(33)20-15(2)18(16(3)27-20)22(30)19-21(17-6-5-7-26-14-17)29(24(32)23(19)31)9-8-28-10-12-34-13-11-28/h5-7,14,21,27,30H,4,8-13H2,1-3H3/t21-/m1/s1. The van der Waals surface area contributed by atoms with E-state index < -0.39 is 23.7 Å². The van der Waals surface area contributed by atoms with Crippen molar-refractivity contribution >= 4 is 23.4 Å². The second-order valence-electron chi connectivity index (χ2n) is 8.58. The lowest BCUT2D eigenvalue weighted by Crippen LogP contribution is -2.42. The number of Topliss-reactive ketones (excluding diaryl/α,β-unsaturated/α-hetero) is 1. The van der Waals surface area contributed by atoms with Crippen molar-refractivity contribution < 1.29 is 29.0 Å². The van der Waals surface area contributed by atoms with Gasteiger partial charge in [-0.25, -0.2) is 4.79 Å². The lowest BCUT2D eigenvalue weighted by atomic mass is 9.95. The summed E-state index contributed by atoms with van der Waals surface area (Å²) in [7, 11) is 0. The van der Waals surface area contributed by atoms with Gasteiger partial charge in [-0.3, -0.25) is 19.5 Å². The predicted octanol–water partition coefficient (Wildman–Crippen LogP) is 1.96. The highest BCUT2D eigenvalue weighted by molar-refractivity contribution is 6.46. The number of likely N-dealkylation sites (tertiary alicyclic amines) is 1. The Morgan fingerprint density at radius 3 is 2.66 bits per heavy atom. The average Bonchev–Trinajstić information content (AvgIpc) is 3.30. The Labute approximate surface area is 203 Å². The predicted molar refractivity (Wildman–Crippen MR) is 127 cm³/mol. The summed E-state index contributed by atoms with van der Waals surface area (Å²) in [6.07, 6.45) is 3.20. The van der Waals surface area contributed by atoms with Crippen LogP contribution >= 0.6 is 0 Å². The molecular weight excluding hydrogens is 452 g/mol. The molecule has 4 heterocycles. The lowest BCUT2D eigenvalue weighted by molar-refractivity contribution is -0.140. The van der Waals surface area contributed by atoms with E-state index in [2.05, 4.69) is 14.9 Å². The minimum Gasteiger partial charge on any atom is -0.507 e. The quantitative estimate of drug-likeness (QED) is 0.266. The monoisotopic (exact) mass is 482 g/mol. The number of amides is 1. The Morgan fingerprint density at radius 2 is 2.00 bits per heavy atom. The number of ketones is 1. The molecule has 2 aliphatic heterocycles. The summed E-state index contributed by atoms with van der Waals surface area (Å²) in [5.41, 5.74) is 2.05. The van der Waals surface area contributed by atoms with Gasteiger partial charge in [0.15, 0.2) is 0 Å². The number of morpholine rings is 1. The van der Waals surface area contributed by atoms with Gasteiger partial charge in [0.25, 0.3) is 11.7 Å². The minimum atomic E-state index is -0.801. The van der Waals surface area contributed by atoms with E-state index in [1.54, 1.807) is 45.3 Å². The van der Waals surface area contributed by atoms with Gasteiger partial charge >= 0.3 is 5.97 Å². The first kappa shape index (κ1) is 24.6.